The van der Waals surface area contributed by atoms with Crippen LogP contribution in [0.1, 0.15) is 35.7 Å². The molecular weight excluding hydrogens is 348 g/mol. The fourth-order valence-corrected chi connectivity index (χ4v) is 4.88. The van der Waals surface area contributed by atoms with E-state index in [1.165, 1.54) is 4.31 Å². The van der Waals surface area contributed by atoms with Crippen LogP contribution in [0.4, 0.5) is 11.4 Å². The van der Waals surface area contributed by atoms with Gasteiger partial charge in [-0.05, 0) is 68.7 Å². The molecule has 0 atom stereocenters. The molecule has 1 aliphatic heterocycles. The maximum atomic E-state index is 12.9. The maximum Gasteiger partial charge on any atom is 0.258 e. The van der Waals surface area contributed by atoms with Crippen molar-refractivity contribution in [1.29, 1.82) is 0 Å². The van der Waals surface area contributed by atoms with Gasteiger partial charge in [0, 0.05) is 24.3 Å². The number of sulfonamides is 1. The minimum absolute atomic E-state index is 0.0915. The van der Waals surface area contributed by atoms with Gasteiger partial charge in [0.2, 0.25) is 10.0 Å². The molecule has 0 N–H and O–H groups in total. The fraction of sp³-hybridized carbons (Fsp3) is 0.350. The second-order valence-corrected chi connectivity index (χ2v) is 8.54. The van der Waals surface area contributed by atoms with Crippen LogP contribution in [0.25, 0.3) is 0 Å². The first-order chi connectivity index (χ1) is 12.4. The van der Waals surface area contributed by atoms with Crippen molar-refractivity contribution in [2.75, 3.05) is 28.0 Å². The molecule has 0 unspecified atom stereocenters. The SMILES string of the molecule is CCN(C(=O)c1ccc(N2CCCCS2(=O)=O)cc1)c1cccc(C)c1. The molecule has 138 valence electrons. The first-order valence-corrected chi connectivity index (χ1v) is 10.5. The standard InChI is InChI=1S/C20H24N2O3S/c1-3-21(19-8-6-7-16(2)15-19)20(23)17-9-11-18(12-10-17)22-13-4-5-14-26(22,24)25/h6-12,15H,3-5,13-14H2,1-2H3. The van der Waals surface area contributed by atoms with Crippen molar-refractivity contribution in [3.8, 4) is 0 Å². The lowest BCUT2D eigenvalue weighted by Gasteiger charge is -2.28. The number of rotatable bonds is 4. The van der Waals surface area contributed by atoms with Gasteiger partial charge in [-0.1, -0.05) is 12.1 Å². The van der Waals surface area contributed by atoms with E-state index in [1.54, 1.807) is 29.2 Å². The Morgan fingerprint density at radius 1 is 1.12 bits per heavy atom. The lowest BCUT2D eigenvalue weighted by Crippen LogP contribution is -2.37. The normalized spacial score (nSPS) is 16.3. The van der Waals surface area contributed by atoms with Crippen LogP contribution in [0.15, 0.2) is 48.5 Å². The highest BCUT2D eigenvalue weighted by atomic mass is 32.2. The molecule has 0 saturated carbocycles. The van der Waals surface area contributed by atoms with E-state index in [0.717, 1.165) is 17.7 Å². The minimum Gasteiger partial charge on any atom is -0.309 e. The zero-order chi connectivity index (χ0) is 18.7. The molecule has 2 aromatic rings. The number of hydrogen-bond donors (Lipinski definition) is 0. The summed E-state index contributed by atoms with van der Waals surface area (Å²) in [6, 6.07) is 14.7. The molecule has 0 aromatic heterocycles. The van der Waals surface area contributed by atoms with E-state index in [2.05, 4.69) is 0 Å². The molecule has 1 amide bonds. The number of hydrogen-bond acceptors (Lipinski definition) is 3. The molecule has 26 heavy (non-hydrogen) atoms. The van der Waals surface area contributed by atoms with Gasteiger partial charge in [0.05, 0.1) is 11.4 Å². The lowest BCUT2D eigenvalue weighted by molar-refractivity contribution is 0.0988. The maximum absolute atomic E-state index is 12.9. The quantitative estimate of drug-likeness (QED) is 0.824. The van der Waals surface area contributed by atoms with Crippen molar-refractivity contribution in [2.24, 2.45) is 0 Å². The number of carbonyl (C=O) groups is 1. The Morgan fingerprint density at radius 3 is 2.46 bits per heavy atom. The molecule has 1 saturated heterocycles. The van der Waals surface area contributed by atoms with Crippen LogP contribution in [-0.2, 0) is 10.0 Å². The van der Waals surface area contributed by atoms with E-state index in [9.17, 15) is 13.2 Å². The smallest absolute Gasteiger partial charge is 0.258 e. The average Bonchev–Trinajstić information content (AvgIpc) is 2.62. The Balaban J connectivity index is 1.84. The van der Waals surface area contributed by atoms with Crippen molar-refractivity contribution in [2.45, 2.75) is 26.7 Å². The predicted octanol–water partition coefficient (Wildman–Crippen LogP) is 3.59. The van der Waals surface area contributed by atoms with E-state index in [0.29, 0.717) is 30.8 Å². The van der Waals surface area contributed by atoms with Crippen molar-refractivity contribution in [3.05, 3.63) is 59.7 Å². The van der Waals surface area contributed by atoms with Gasteiger partial charge in [-0.2, -0.15) is 0 Å². The van der Waals surface area contributed by atoms with Crippen molar-refractivity contribution in [3.63, 3.8) is 0 Å². The summed E-state index contributed by atoms with van der Waals surface area (Å²) in [4.78, 5) is 14.6. The Morgan fingerprint density at radius 2 is 1.85 bits per heavy atom. The molecule has 1 heterocycles. The van der Waals surface area contributed by atoms with Gasteiger partial charge in [0.15, 0.2) is 0 Å². The van der Waals surface area contributed by atoms with E-state index >= 15 is 0 Å². The number of carbonyl (C=O) groups excluding carboxylic acids is 1. The molecular formula is C20H24N2O3S. The van der Waals surface area contributed by atoms with Crippen LogP contribution in [0.2, 0.25) is 0 Å². The third-order valence-corrected chi connectivity index (χ3v) is 6.50. The van der Waals surface area contributed by atoms with Crippen LogP contribution in [0.3, 0.4) is 0 Å². The summed E-state index contributed by atoms with van der Waals surface area (Å²) in [6.45, 7) is 5.00. The molecule has 0 radical (unpaired) electrons. The zero-order valence-corrected chi connectivity index (χ0v) is 16.0. The first-order valence-electron chi connectivity index (χ1n) is 8.91. The van der Waals surface area contributed by atoms with E-state index < -0.39 is 10.0 Å². The molecule has 2 aromatic carbocycles. The van der Waals surface area contributed by atoms with Gasteiger partial charge < -0.3 is 4.90 Å². The summed E-state index contributed by atoms with van der Waals surface area (Å²) >= 11 is 0. The summed E-state index contributed by atoms with van der Waals surface area (Å²) in [5.74, 6) is 0.0936. The highest BCUT2D eigenvalue weighted by molar-refractivity contribution is 7.92. The first kappa shape index (κ1) is 18.5. The van der Waals surface area contributed by atoms with Crippen LogP contribution >= 0.6 is 0 Å². The number of nitrogens with zero attached hydrogens (tertiary/aromatic N) is 2. The molecule has 6 heteroatoms. The molecule has 3 rings (SSSR count). The molecule has 0 bridgehead atoms. The van der Waals surface area contributed by atoms with Gasteiger partial charge >= 0.3 is 0 Å². The molecule has 1 fully saturated rings. The van der Waals surface area contributed by atoms with Gasteiger partial charge in [-0.25, -0.2) is 8.42 Å². The second-order valence-electron chi connectivity index (χ2n) is 6.53. The van der Waals surface area contributed by atoms with Crippen LogP contribution < -0.4 is 9.21 Å². The summed E-state index contributed by atoms with van der Waals surface area (Å²) in [5, 5.41) is 0. The third kappa shape index (κ3) is 3.75. The Kier molecular flexibility index (Phi) is 5.32. The number of amides is 1. The summed E-state index contributed by atoms with van der Waals surface area (Å²) < 4.78 is 25.9. The van der Waals surface area contributed by atoms with Crippen molar-refractivity contribution >= 4 is 27.3 Å². The Bertz CT molecular complexity index is 892. The van der Waals surface area contributed by atoms with Crippen LogP contribution in [0, 0.1) is 6.92 Å². The molecule has 0 aliphatic carbocycles. The lowest BCUT2D eigenvalue weighted by atomic mass is 10.1. The largest absolute Gasteiger partial charge is 0.309 e. The minimum atomic E-state index is -3.24. The second kappa shape index (κ2) is 7.50. The molecule has 0 spiro atoms. The zero-order valence-electron chi connectivity index (χ0n) is 15.2. The van der Waals surface area contributed by atoms with Crippen LogP contribution in [-0.4, -0.2) is 33.2 Å². The highest BCUT2D eigenvalue weighted by Gasteiger charge is 2.26. The fourth-order valence-electron chi connectivity index (χ4n) is 3.24. The topological polar surface area (TPSA) is 57.7 Å². The summed E-state index contributed by atoms with van der Waals surface area (Å²) in [5.41, 5.74) is 3.13. The monoisotopic (exact) mass is 372 g/mol. The van der Waals surface area contributed by atoms with Crippen molar-refractivity contribution < 1.29 is 13.2 Å². The third-order valence-electron chi connectivity index (χ3n) is 4.63. The highest BCUT2D eigenvalue weighted by Crippen LogP contribution is 2.25. The number of benzene rings is 2. The predicted molar refractivity (Wildman–Crippen MR) is 105 cm³/mol. The van der Waals surface area contributed by atoms with Gasteiger partial charge in [-0.3, -0.25) is 9.10 Å². The Hall–Kier alpha value is -2.34. The van der Waals surface area contributed by atoms with E-state index in [4.69, 9.17) is 0 Å². The summed E-state index contributed by atoms with van der Waals surface area (Å²) in [7, 11) is -3.24. The van der Waals surface area contributed by atoms with Gasteiger partial charge in [0.1, 0.15) is 0 Å². The van der Waals surface area contributed by atoms with Gasteiger partial charge in [0.25, 0.3) is 5.91 Å². The Labute approximate surface area is 155 Å². The number of aryl methyl sites for hydroxylation is 1. The molecule has 1 aliphatic rings. The summed E-state index contributed by atoms with van der Waals surface area (Å²) in [6.07, 6.45) is 1.56. The van der Waals surface area contributed by atoms with Gasteiger partial charge in [-0.15, -0.1) is 0 Å². The van der Waals surface area contributed by atoms with Crippen molar-refractivity contribution in [1.82, 2.24) is 0 Å². The number of anilines is 2. The average molecular weight is 372 g/mol. The molecule has 5 nitrogen and oxygen atoms in total. The van der Waals surface area contributed by atoms with Crippen LogP contribution in [0.5, 0.6) is 0 Å². The van der Waals surface area contributed by atoms with E-state index in [-0.39, 0.29) is 11.7 Å². The van der Waals surface area contributed by atoms with E-state index in [1.807, 2.05) is 38.1 Å².